The fourth-order valence-electron chi connectivity index (χ4n) is 4.17. The van der Waals surface area contributed by atoms with Crippen molar-refractivity contribution in [2.75, 3.05) is 18.0 Å². The summed E-state index contributed by atoms with van der Waals surface area (Å²) in [6.07, 6.45) is 1.38. The molecule has 4 heterocycles. The van der Waals surface area contributed by atoms with E-state index in [1.165, 1.54) is 12.4 Å². The lowest BCUT2D eigenvalue weighted by Gasteiger charge is -2.21. The Morgan fingerprint density at radius 3 is 2.31 bits per heavy atom. The molecule has 1 fully saturated rings. The molecule has 2 aliphatic rings. The molecule has 7 nitrogen and oxygen atoms in total. The molecule has 170 valence electrons. The fourth-order valence-corrected chi connectivity index (χ4v) is 6.04. The van der Waals surface area contributed by atoms with Crippen LogP contribution in [0.3, 0.4) is 0 Å². The van der Waals surface area contributed by atoms with Crippen molar-refractivity contribution in [2.24, 2.45) is 0 Å². The van der Waals surface area contributed by atoms with E-state index < -0.39 is 40.4 Å². The third-order valence-corrected chi connectivity index (χ3v) is 7.52. The van der Waals surface area contributed by atoms with Gasteiger partial charge in [-0.1, -0.05) is 44.0 Å². The number of imidazole rings is 1. The summed E-state index contributed by atoms with van der Waals surface area (Å²) in [5.41, 5.74) is -0.261. The molecule has 1 aromatic carbocycles. The molecule has 0 radical (unpaired) electrons. The molecule has 5 rings (SSSR count). The van der Waals surface area contributed by atoms with Crippen LogP contribution < -0.4 is 8.87 Å². The van der Waals surface area contributed by atoms with Gasteiger partial charge in [0.25, 0.3) is 11.5 Å². The lowest BCUT2D eigenvalue weighted by molar-refractivity contribution is -0.504. The number of nitrogens with zero attached hydrogens (tertiary/aromatic N) is 5. The van der Waals surface area contributed by atoms with E-state index in [1.54, 1.807) is 43.5 Å². The highest BCUT2D eigenvalue weighted by atomic mass is 32.2. The Labute approximate surface area is 181 Å². The lowest BCUT2D eigenvalue weighted by Crippen LogP contribution is -2.52. The first-order chi connectivity index (χ1) is 14.7. The highest BCUT2D eigenvalue weighted by Crippen LogP contribution is 2.43. The van der Waals surface area contributed by atoms with Gasteiger partial charge in [-0.25, -0.2) is 9.55 Å². The van der Waals surface area contributed by atoms with E-state index in [0.717, 1.165) is 8.87 Å². The molecule has 0 saturated carbocycles. The minimum Gasteiger partial charge on any atom is -0.328 e. The Hall–Kier alpha value is -2.76. The number of anilines is 1. The second kappa shape index (κ2) is 6.18. The van der Waals surface area contributed by atoms with Crippen LogP contribution in [0.2, 0.25) is 0 Å². The Balaban J connectivity index is 1.87. The van der Waals surface area contributed by atoms with Gasteiger partial charge >= 0.3 is 21.9 Å². The SMILES string of the molecule is CC(C)(C)c1nc(N2CC(F)(F)C(F)(F)C2)c2ncn3c2[n+]1S(=O)(=O)c1ccccc1C3. The normalized spacial score (nSPS) is 20.9. The maximum absolute atomic E-state index is 14.0. The predicted molar refractivity (Wildman–Crippen MR) is 107 cm³/mol. The first-order valence-corrected chi connectivity index (χ1v) is 11.3. The van der Waals surface area contributed by atoms with Crippen LogP contribution in [0.15, 0.2) is 35.5 Å². The Morgan fingerprint density at radius 2 is 1.69 bits per heavy atom. The third kappa shape index (κ3) is 2.77. The fraction of sp³-hybridized carbons (Fsp3) is 0.450. The zero-order valence-corrected chi connectivity index (χ0v) is 18.3. The summed E-state index contributed by atoms with van der Waals surface area (Å²) in [6.45, 7) is 2.83. The quantitative estimate of drug-likeness (QED) is 0.316. The molecule has 0 N–H and O–H groups in total. The molecule has 3 aromatic rings. The summed E-state index contributed by atoms with van der Waals surface area (Å²) in [4.78, 5) is 9.48. The average molecular weight is 470 g/mol. The largest absolute Gasteiger partial charge is 0.329 e. The molecule has 2 aromatic heterocycles. The molecule has 0 atom stereocenters. The number of rotatable bonds is 1. The van der Waals surface area contributed by atoms with E-state index in [-0.39, 0.29) is 34.2 Å². The summed E-state index contributed by atoms with van der Waals surface area (Å²) in [5, 5.41) is 0. The third-order valence-electron chi connectivity index (χ3n) is 5.73. The van der Waals surface area contributed by atoms with E-state index in [2.05, 4.69) is 9.97 Å². The van der Waals surface area contributed by atoms with Gasteiger partial charge in [-0.05, 0) is 6.07 Å². The molecule has 1 saturated heterocycles. The van der Waals surface area contributed by atoms with Gasteiger partial charge in [0.2, 0.25) is 11.3 Å². The predicted octanol–water partition coefficient (Wildman–Crippen LogP) is 2.71. The molecule has 0 unspecified atom stereocenters. The molecular formula is C20H20F4N5O2S+. The molecule has 2 aliphatic heterocycles. The highest BCUT2D eigenvalue weighted by molar-refractivity contribution is 7.85. The molecule has 0 bridgehead atoms. The Morgan fingerprint density at radius 1 is 1.06 bits per heavy atom. The second-order valence-electron chi connectivity index (χ2n) is 9.20. The van der Waals surface area contributed by atoms with Crippen LogP contribution in [0.4, 0.5) is 23.4 Å². The minimum absolute atomic E-state index is 0.0251. The van der Waals surface area contributed by atoms with Crippen molar-refractivity contribution in [1.29, 1.82) is 0 Å². The van der Waals surface area contributed by atoms with E-state index in [1.807, 2.05) is 0 Å². The van der Waals surface area contributed by atoms with Crippen molar-refractivity contribution in [2.45, 2.75) is 49.5 Å². The van der Waals surface area contributed by atoms with Crippen molar-refractivity contribution in [3.8, 4) is 0 Å². The molecule has 0 amide bonds. The van der Waals surface area contributed by atoms with Gasteiger partial charge in [-0.3, -0.25) is 0 Å². The molecule has 32 heavy (non-hydrogen) atoms. The van der Waals surface area contributed by atoms with Crippen LogP contribution in [0.5, 0.6) is 0 Å². The highest BCUT2D eigenvalue weighted by Gasteiger charge is 2.64. The average Bonchev–Trinajstić information content (AvgIpc) is 3.14. The zero-order valence-electron chi connectivity index (χ0n) is 17.5. The first-order valence-electron chi connectivity index (χ1n) is 9.89. The monoisotopic (exact) mass is 470 g/mol. The number of hydrogen-bond acceptors (Lipinski definition) is 5. The van der Waals surface area contributed by atoms with E-state index in [9.17, 15) is 26.0 Å². The summed E-state index contributed by atoms with van der Waals surface area (Å²) < 4.78 is 86.0. The summed E-state index contributed by atoms with van der Waals surface area (Å²) in [5.74, 6) is -8.63. The summed E-state index contributed by atoms with van der Waals surface area (Å²) in [6, 6.07) is 6.50. The van der Waals surface area contributed by atoms with Gasteiger partial charge in [-0.15, -0.1) is 3.97 Å². The number of aromatic nitrogens is 4. The van der Waals surface area contributed by atoms with Crippen LogP contribution in [-0.2, 0) is 22.0 Å². The van der Waals surface area contributed by atoms with E-state index >= 15 is 0 Å². The smallest absolute Gasteiger partial charge is 0.328 e. The Kier molecular flexibility index (Phi) is 4.07. The van der Waals surface area contributed by atoms with Gasteiger partial charge in [0.15, 0.2) is 6.33 Å². The first kappa shape index (κ1) is 21.1. The van der Waals surface area contributed by atoms with Gasteiger partial charge in [-0.2, -0.15) is 26.0 Å². The van der Waals surface area contributed by atoms with Crippen LogP contribution in [0.25, 0.3) is 11.2 Å². The molecule has 0 spiro atoms. The van der Waals surface area contributed by atoms with Crippen LogP contribution in [-0.4, -0.2) is 47.9 Å². The van der Waals surface area contributed by atoms with Crippen molar-refractivity contribution in [3.05, 3.63) is 42.0 Å². The maximum Gasteiger partial charge on any atom is 0.329 e. The van der Waals surface area contributed by atoms with E-state index in [0.29, 0.717) is 5.56 Å². The number of halogens is 4. The Bertz CT molecular complexity index is 1360. The van der Waals surface area contributed by atoms with Gasteiger partial charge in [0, 0.05) is 5.56 Å². The molecule has 0 aliphatic carbocycles. The van der Waals surface area contributed by atoms with Crippen molar-refractivity contribution < 1.29 is 30.0 Å². The van der Waals surface area contributed by atoms with Crippen LogP contribution in [0.1, 0.15) is 32.2 Å². The minimum atomic E-state index is -4.24. The zero-order chi connectivity index (χ0) is 23.3. The van der Waals surface area contributed by atoms with Gasteiger partial charge in [0.05, 0.1) is 25.0 Å². The lowest BCUT2D eigenvalue weighted by atomic mass is 9.95. The number of alkyl halides is 4. The number of benzene rings is 1. The topological polar surface area (TPSA) is 72.0 Å². The number of hydrogen-bond donors (Lipinski definition) is 0. The second-order valence-corrected chi connectivity index (χ2v) is 11.0. The molecular weight excluding hydrogens is 450 g/mol. The van der Waals surface area contributed by atoms with Crippen LogP contribution >= 0.6 is 0 Å². The number of fused-ring (bicyclic) bond motifs is 1. The van der Waals surface area contributed by atoms with Gasteiger partial charge in [0.1, 0.15) is 4.90 Å². The van der Waals surface area contributed by atoms with Crippen LogP contribution in [0, 0.1) is 0 Å². The van der Waals surface area contributed by atoms with E-state index in [4.69, 9.17) is 0 Å². The van der Waals surface area contributed by atoms with Gasteiger partial charge < -0.3 is 4.90 Å². The standard InChI is InChI=1S/C20H20F4N5O2S/c1-18(2,3)17-26-15(28-9-19(21,22)20(23,24)10-28)14-16-27(11-25-14)8-12-6-4-5-7-13(12)32(30,31)29(16)17/h4-7,11H,8-10H2,1-3H3/q+1. The van der Waals surface area contributed by atoms with Crippen molar-refractivity contribution in [1.82, 2.24) is 14.5 Å². The van der Waals surface area contributed by atoms with Crippen molar-refractivity contribution >= 4 is 27.0 Å². The maximum atomic E-state index is 14.0. The summed E-state index contributed by atoms with van der Waals surface area (Å²) >= 11 is 0. The van der Waals surface area contributed by atoms with Crippen molar-refractivity contribution in [3.63, 3.8) is 0 Å². The molecule has 12 heteroatoms. The summed E-state index contributed by atoms with van der Waals surface area (Å²) in [7, 11) is -4.14.